The molecule has 310 valence electrons. The largest absolute Gasteiger partial charge is 0.507 e. The lowest BCUT2D eigenvalue weighted by atomic mass is 9.82. The summed E-state index contributed by atoms with van der Waals surface area (Å²) in [6.45, 7) is 2.13. The first-order valence-corrected chi connectivity index (χ1v) is 23.5. The molecule has 1 amide bonds. The van der Waals surface area contributed by atoms with E-state index in [1.807, 2.05) is 23.1 Å². The normalized spacial score (nSPS) is 19.0. The topological polar surface area (TPSA) is 247 Å². The van der Waals surface area contributed by atoms with Gasteiger partial charge in [-0.15, -0.1) is 0 Å². The Balaban J connectivity index is 1.49. The summed E-state index contributed by atoms with van der Waals surface area (Å²) in [5.41, 5.74) is 4.98. The molecule has 2 aromatic carbocycles. The van der Waals surface area contributed by atoms with Gasteiger partial charge >= 0.3 is 5.97 Å². The van der Waals surface area contributed by atoms with E-state index in [-0.39, 0.29) is 61.4 Å². The molecule has 57 heavy (non-hydrogen) atoms. The Hall–Kier alpha value is -4.27. The number of aliphatic carboxylic acids is 1. The number of allylic oxidation sites excluding steroid dienone is 4. The molecule has 0 unspecified atom stereocenters. The average Bonchev–Trinajstić information content (AvgIpc) is 3.14. The highest BCUT2D eigenvalue weighted by atomic mass is 32.2. The maximum Gasteiger partial charge on any atom is 0.306 e. The smallest absolute Gasteiger partial charge is 0.306 e. The number of hydrogen-bond donors (Lipinski definition) is 5. The van der Waals surface area contributed by atoms with Crippen LogP contribution >= 0.6 is 0 Å². The van der Waals surface area contributed by atoms with Crippen molar-refractivity contribution in [2.24, 2.45) is 5.92 Å². The van der Waals surface area contributed by atoms with Crippen LogP contribution in [0.15, 0.2) is 64.2 Å². The molecule has 0 spiro atoms. The summed E-state index contributed by atoms with van der Waals surface area (Å²) >= 11 is 0. The Kier molecular flexibility index (Phi) is 12.6. The number of benzene rings is 2. The number of likely N-dealkylation sites (tertiary alicyclic amines) is 2. The molecule has 2 saturated heterocycles. The summed E-state index contributed by atoms with van der Waals surface area (Å²) < 4.78 is 99.1. The van der Waals surface area contributed by atoms with E-state index in [9.17, 15) is 58.7 Å². The number of phenols is 1. The molecule has 5 N–H and O–H groups in total. The molecule has 6 rings (SSSR count). The van der Waals surface area contributed by atoms with Crippen molar-refractivity contribution in [2.45, 2.75) is 62.7 Å². The third-order valence-electron chi connectivity index (χ3n) is 11.0. The summed E-state index contributed by atoms with van der Waals surface area (Å²) in [4.78, 5) is 31.0. The van der Waals surface area contributed by atoms with Crippen LogP contribution in [0.2, 0.25) is 0 Å². The number of aryl methyl sites for hydroxylation is 1. The van der Waals surface area contributed by atoms with Crippen LogP contribution < -0.4 is 4.90 Å². The minimum atomic E-state index is -4.78. The first-order chi connectivity index (χ1) is 26.8. The Labute approximate surface area is 332 Å². The number of rotatable bonds is 13. The van der Waals surface area contributed by atoms with Crippen molar-refractivity contribution in [1.29, 1.82) is 0 Å². The molecule has 2 aromatic rings. The van der Waals surface area contributed by atoms with Crippen LogP contribution in [-0.4, -0.2) is 122 Å². The molecule has 0 aromatic heterocycles. The minimum Gasteiger partial charge on any atom is -0.507 e. The average molecular weight is 850 g/mol. The van der Waals surface area contributed by atoms with Crippen LogP contribution in [0.1, 0.15) is 78.4 Å². The third kappa shape index (κ3) is 10.2. The Morgan fingerprint density at radius 3 is 2.02 bits per heavy atom. The van der Waals surface area contributed by atoms with E-state index in [0.29, 0.717) is 74.3 Å². The zero-order chi connectivity index (χ0) is 41.3. The second kappa shape index (κ2) is 16.9. The third-order valence-corrected chi connectivity index (χ3v) is 13.4. The van der Waals surface area contributed by atoms with Gasteiger partial charge in [-0.05, 0) is 104 Å². The number of fused-ring (bicyclic) bond motifs is 2. The van der Waals surface area contributed by atoms with Crippen molar-refractivity contribution < 1.29 is 58.7 Å². The van der Waals surface area contributed by atoms with Gasteiger partial charge in [-0.1, -0.05) is 18.2 Å². The zero-order valence-electron chi connectivity index (χ0n) is 31.2. The fraction of sp³-hybridized carbons (Fsp3) is 0.474. The molecular formula is C38H47N3O13S3. The van der Waals surface area contributed by atoms with Crippen molar-refractivity contribution in [3.05, 3.63) is 81.6 Å². The van der Waals surface area contributed by atoms with E-state index in [1.54, 1.807) is 6.07 Å². The van der Waals surface area contributed by atoms with Crippen molar-refractivity contribution in [1.82, 2.24) is 9.80 Å². The quantitative estimate of drug-likeness (QED) is 0.179. The summed E-state index contributed by atoms with van der Waals surface area (Å²) in [5, 5.41) is 21.4. The van der Waals surface area contributed by atoms with Gasteiger partial charge in [0.25, 0.3) is 36.3 Å². The van der Waals surface area contributed by atoms with Gasteiger partial charge in [-0.25, -0.2) is 0 Å². The van der Waals surface area contributed by atoms with E-state index in [4.69, 9.17) is 0 Å². The Bertz CT molecular complexity index is 2360. The maximum absolute atomic E-state index is 14.4. The molecule has 2 fully saturated rings. The van der Waals surface area contributed by atoms with E-state index in [2.05, 4.69) is 4.90 Å². The molecule has 3 aliphatic heterocycles. The lowest BCUT2D eigenvalue weighted by Gasteiger charge is -2.36. The molecule has 19 heteroatoms. The van der Waals surface area contributed by atoms with Crippen LogP contribution in [0.4, 0.5) is 5.69 Å². The van der Waals surface area contributed by atoms with Gasteiger partial charge in [0, 0.05) is 67.8 Å². The second-order valence-corrected chi connectivity index (χ2v) is 19.5. The number of nitrogens with zero attached hydrogens (tertiary/aromatic N) is 3. The number of carbonyl (C=O) groups is 2. The summed E-state index contributed by atoms with van der Waals surface area (Å²) in [6.07, 6.45) is 7.70. The number of anilines is 1. The zero-order valence-corrected chi connectivity index (χ0v) is 33.7. The number of carboxylic acid groups (broad SMARTS) is 1. The summed E-state index contributed by atoms with van der Waals surface area (Å²) in [5.74, 6) is -3.17. The molecule has 0 saturated carbocycles. The number of hydrogen-bond acceptors (Lipinski definition) is 11. The molecular weight excluding hydrogens is 803 g/mol. The van der Waals surface area contributed by atoms with Gasteiger partial charge in [0.15, 0.2) is 0 Å². The standard InChI is InChI=1S/C38H47N3O13S3/c42-35-24-34-27(6-2-14-40(34)16-4-20-56(49,50)51)22-32(35)36(28-7-10-33-26(21-28)5-1-13-39(33)15-3-19-55(46,47)48)30-9-8-29(57(52,53)54)23-31(30)37(43)41-17-11-25(12-18-41)38(44)45/h8-10,21-25,42H,1-7,11-20H2,(H,44,45)(H,46,47,48)(H,49,50,51)(H,52,53,54)/b36-28+. The second-order valence-electron chi connectivity index (χ2n) is 14.9. The molecule has 0 bridgehead atoms. The van der Waals surface area contributed by atoms with Gasteiger partial charge in [-0.3, -0.25) is 23.2 Å². The summed E-state index contributed by atoms with van der Waals surface area (Å²) in [7, 11) is -13.1. The SMILES string of the molecule is O=C(O)C1CCN(C(=O)c2cc(S(=O)(=O)O)ccc2/C(=C2\C=C3CCCN(CCCS(=O)(=O)O)C3=CC2)c2cc3c(cc2O)N(CCCS(=O)(=O)O)CCC3)CC1. The van der Waals surface area contributed by atoms with Crippen LogP contribution in [0, 0.1) is 5.92 Å². The number of piperidine rings is 2. The molecule has 3 heterocycles. The van der Waals surface area contributed by atoms with E-state index in [1.165, 1.54) is 17.0 Å². The predicted octanol–water partition coefficient (Wildman–Crippen LogP) is 4.00. The van der Waals surface area contributed by atoms with Crippen molar-refractivity contribution in [3.8, 4) is 5.75 Å². The van der Waals surface area contributed by atoms with E-state index >= 15 is 0 Å². The number of phenolic OH excluding ortho intramolecular Hbond substituents is 1. The number of carbonyl (C=O) groups excluding carboxylic acids is 1. The van der Waals surface area contributed by atoms with Crippen LogP contribution in [0.3, 0.4) is 0 Å². The maximum atomic E-state index is 14.4. The van der Waals surface area contributed by atoms with Crippen LogP contribution in [-0.2, 0) is 41.6 Å². The van der Waals surface area contributed by atoms with Gasteiger partial charge in [0.2, 0.25) is 0 Å². The van der Waals surface area contributed by atoms with Crippen LogP contribution in [0.25, 0.3) is 5.57 Å². The molecule has 0 radical (unpaired) electrons. The molecule has 4 aliphatic rings. The first-order valence-electron chi connectivity index (χ1n) is 18.8. The Morgan fingerprint density at radius 2 is 1.39 bits per heavy atom. The lowest BCUT2D eigenvalue weighted by Crippen LogP contribution is -2.40. The van der Waals surface area contributed by atoms with Crippen LogP contribution in [0.5, 0.6) is 5.75 Å². The number of aromatic hydroxyl groups is 1. The lowest BCUT2D eigenvalue weighted by molar-refractivity contribution is -0.143. The molecule has 16 nitrogen and oxygen atoms in total. The fourth-order valence-electron chi connectivity index (χ4n) is 8.28. The van der Waals surface area contributed by atoms with Crippen molar-refractivity contribution in [2.75, 3.05) is 55.7 Å². The number of carboxylic acids is 1. The van der Waals surface area contributed by atoms with E-state index < -0.39 is 58.8 Å². The Morgan fingerprint density at radius 1 is 0.754 bits per heavy atom. The summed E-state index contributed by atoms with van der Waals surface area (Å²) in [6, 6.07) is 7.09. The highest BCUT2D eigenvalue weighted by Gasteiger charge is 2.32. The van der Waals surface area contributed by atoms with Crippen molar-refractivity contribution in [3.63, 3.8) is 0 Å². The predicted molar refractivity (Wildman–Crippen MR) is 211 cm³/mol. The van der Waals surface area contributed by atoms with Gasteiger partial charge < -0.3 is 24.9 Å². The van der Waals surface area contributed by atoms with Gasteiger partial charge in [0.1, 0.15) is 5.75 Å². The molecule has 1 aliphatic carbocycles. The fourth-order valence-corrected chi connectivity index (χ4v) is 9.77. The van der Waals surface area contributed by atoms with Gasteiger partial charge in [-0.2, -0.15) is 25.3 Å². The highest BCUT2D eigenvalue weighted by Crippen LogP contribution is 2.44. The van der Waals surface area contributed by atoms with Crippen molar-refractivity contribution >= 4 is 53.5 Å². The minimum absolute atomic E-state index is 0.0750. The van der Waals surface area contributed by atoms with Gasteiger partial charge in [0.05, 0.1) is 22.3 Å². The highest BCUT2D eigenvalue weighted by molar-refractivity contribution is 7.86. The number of amides is 1. The molecule has 0 atom stereocenters. The van der Waals surface area contributed by atoms with E-state index in [0.717, 1.165) is 29.3 Å². The monoisotopic (exact) mass is 849 g/mol. The first kappa shape index (κ1) is 42.3.